The molecule has 150 valence electrons. The van der Waals surface area contributed by atoms with Gasteiger partial charge in [0.25, 0.3) is 5.56 Å². The van der Waals surface area contributed by atoms with Gasteiger partial charge in [-0.05, 0) is 44.5 Å². The maximum absolute atomic E-state index is 12.2. The Labute approximate surface area is 170 Å². The first kappa shape index (κ1) is 20.6. The van der Waals surface area contributed by atoms with Crippen LogP contribution < -0.4 is 10.9 Å². The molecule has 0 unspecified atom stereocenters. The molecule has 1 fully saturated rings. The summed E-state index contributed by atoms with van der Waals surface area (Å²) >= 11 is 5.92. The van der Waals surface area contributed by atoms with Gasteiger partial charge < -0.3 is 5.32 Å². The van der Waals surface area contributed by atoms with Crippen molar-refractivity contribution < 1.29 is 4.79 Å². The van der Waals surface area contributed by atoms with E-state index in [2.05, 4.69) is 22.2 Å². The van der Waals surface area contributed by atoms with Gasteiger partial charge in [-0.2, -0.15) is 5.10 Å². The first-order valence-electron chi connectivity index (χ1n) is 9.88. The zero-order valence-corrected chi connectivity index (χ0v) is 17.0. The average Bonchev–Trinajstić information content (AvgIpc) is 2.69. The summed E-state index contributed by atoms with van der Waals surface area (Å²) in [6.07, 6.45) is 3.98. The lowest BCUT2D eigenvalue weighted by Crippen LogP contribution is -2.42. The number of likely N-dealkylation sites (tertiary alicyclic amines) is 1. The second-order valence-electron chi connectivity index (χ2n) is 7.27. The second kappa shape index (κ2) is 9.85. The first-order chi connectivity index (χ1) is 13.5. The molecule has 0 aliphatic carbocycles. The van der Waals surface area contributed by atoms with E-state index < -0.39 is 0 Å². The van der Waals surface area contributed by atoms with Crippen LogP contribution in [0.2, 0.25) is 5.02 Å². The normalized spacial score (nSPS) is 17.4. The van der Waals surface area contributed by atoms with Gasteiger partial charge in [0.05, 0.1) is 12.2 Å². The van der Waals surface area contributed by atoms with E-state index >= 15 is 0 Å². The molecule has 7 heteroatoms. The predicted molar refractivity (Wildman–Crippen MR) is 111 cm³/mol. The molecule has 1 saturated heterocycles. The van der Waals surface area contributed by atoms with Crippen LogP contribution in [0.1, 0.15) is 32.6 Å². The molecule has 0 spiro atoms. The summed E-state index contributed by atoms with van der Waals surface area (Å²) in [6, 6.07) is 11.0. The largest absolute Gasteiger partial charge is 0.355 e. The van der Waals surface area contributed by atoms with E-state index in [1.807, 2.05) is 12.1 Å². The number of nitrogens with one attached hydrogen (secondary N) is 1. The van der Waals surface area contributed by atoms with Crippen LogP contribution in [0.5, 0.6) is 0 Å². The van der Waals surface area contributed by atoms with Crippen molar-refractivity contribution in [2.75, 3.05) is 19.6 Å². The van der Waals surface area contributed by atoms with Gasteiger partial charge in [0.1, 0.15) is 0 Å². The zero-order chi connectivity index (χ0) is 19.9. The number of benzene rings is 1. The highest BCUT2D eigenvalue weighted by atomic mass is 35.5. The Hall–Kier alpha value is -2.18. The molecule has 1 aromatic carbocycles. The second-order valence-corrected chi connectivity index (χ2v) is 7.70. The number of hydrogen-bond donors (Lipinski definition) is 1. The van der Waals surface area contributed by atoms with Crippen molar-refractivity contribution >= 4 is 17.5 Å². The maximum atomic E-state index is 12.2. The monoisotopic (exact) mass is 402 g/mol. The Morgan fingerprint density at radius 1 is 1.18 bits per heavy atom. The maximum Gasteiger partial charge on any atom is 0.266 e. The number of aryl methyl sites for hydroxylation is 1. The van der Waals surface area contributed by atoms with Crippen LogP contribution in [0.3, 0.4) is 0 Å². The topological polar surface area (TPSA) is 67.2 Å². The number of rotatable bonds is 7. The van der Waals surface area contributed by atoms with Crippen LogP contribution in [0.25, 0.3) is 11.3 Å². The Balaban J connectivity index is 1.50. The molecule has 1 atom stereocenters. The number of carbonyl (C=O) groups is 1. The molecule has 3 rings (SSSR count). The van der Waals surface area contributed by atoms with Crippen LogP contribution in [0.4, 0.5) is 0 Å². The minimum absolute atomic E-state index is 0.0599. The Morgan fingerprint density at radius 3 is 2.71 bits per heavy atom. The quantitative estimate of drug-likeness (QED) is 0.773. The van der Waals surface area contributed by atoms with Gasteiger partial charge >= 0.3 is 0 Å². The number of aromatic nitrogens is 2. The molecule has 0 radical (unpaired) electrons. The fraction of sp³-hybridized carbons (Fsp3) is 0.476. The van der Waals surface area contributed by atoms with Crippen molar-refractivity contribution in [3.05, 3.63) is 51.8 Å². The third-order valence-electron chi connectivity index (χ3n) is 5.22. The van der Waals surface area contributed by atoms with Gasteiger partial charge in [-0.1, -0.05) is 30.2 Å². The fourth-order valence-corrected chi connectivity index (χ4v) is 3.63. The Bertz CT molecular complexity index is 850. The van der Waals surface area contributed by atoms with Crippen molar-refractivity contribution in [1.82, 2.24) is 20.0 Å². The SMILES string of the molecule is C[C@H]1CCCCN1CCNC(=O)CCn1nc(-c2ccc(Cl)cc2)ccc1=O. The van der Waals surface area contributed by atoms with Gasteiger partial charge in [0.15, 0.2) is 0 Å². The molecule has 2 aromatic rings. The van der Waals surface area contributed by atoms with Crippen LogP contribution in [0, 0.1) is 0 Å². The number of halogens is 1. The Morgan fingerprint density at radius 2 is 1.96 bits per heavy atom. The molecule has 1 aromatic heterocycles. The number of carbonyl (C=O) groups excluding carboxylic acids is 1. The summed E-state index contributed by atoms with van der Waals surface area (Å²) in [5.41, 5.74) is 1.33. The third kappa shape index (κ3) is 5.66. The fourth-order valence-electron chi connectivity index (χ4n) is 3.51. The van der Waals surface area contributed by atoms with Crippen LogP contribution in [-0.4, -0.2) is 46.3 Å². The zero-order valence-electron chi connectivity index (χ0n) is 16.2. The van der Waals surface area contributed by atoms with Crippen LogP contribution in [0.15, 0.2) is 41.2 Å². The van der Waals surface area contributed by atoms with E-state index in [-0.39, 0.29) is 24.4 Å². The lowest BCUT2D eigenvalue weighted by molar-refractivity contribution is -0.121. The molecule has 2 heterocycles. The van der Waals surface area contributed by atoms with Crippen molar-refractivity contribution in [3.8, 4) is 11.3 Å². The molecule has 1 N–H and O–H groups in total. The van der Waals surface area contributed by atoms with Gasteiger partial charge in [-0.25, -0.2) is 4.68 Å². The lowest BCUT2D eigenvalue weighted by atomic mass is 10.0. The third-order valence-corrected chi connectivity index (χ3v) is 5.47. The summed E-state index contributed by atoms with van der Waals surface area (Å²) in [7, 11) is 0. The Kier molecular flexibility index (Phi) is 7.23. The van der Waals surface area contributed by atoms with Crippen molar-refractivity contribution in [3.63, 3.8) is 0 Å². The van der Waals surface area contributed by atoms with Gasteiger partial charge in [0, 0.05) is 42.2 Å². The predicted octanol–water partition coefficient (Wildman–Crippen LogP) is 2.94. The van der Waals surface area contributed by atoms with Crippen molar-refractivity contribution in [2.45, 2.75) is 45.2 Å². The minimum Gasteiger partial charge on any atom is -0.355 e. The van der Waals surface area contributed by atoms with Gasteiger partial charge in [0.2, 0.25) is 5.91 Å². The summed E-state index contributed by atoms with van der Waals surface area (Å²) in [5.74, 6) is -0.0599. The van der Waals surface area contributed by atoms with Crippen LogP contribution >= 0.6 is 11.6 Å². The van der Waals surface area contributed by atoms with Gasteiger partial charge in [-0.15, -0.1) is 0 Å². The molecule has 0 bridgehead atoms. The summed E-state index contributed by atoms with van der Waals surface area (Å²) in [4.78, 5) is 26.6. The molecule has 1 amide bonds. The smallest absolute Gasteiger partial charge is 0.266 e. The molecule has 6 nitrogen and oxygen atoms in total. The molecule has 28 heavy (non-hydrogen) atoms. The summed E-state index contributed by atoms with van der Waals surface area (Å²) in [5, 5.41) is 7.98. The number of hydrogen-bond acceptors (Lipinski definition) is 4. The number of amides is 1. The van der Waals surface area contributed by atoms with Gasteiger partial charge in [-0.3, -0.25) is 14.5 Å². The van der Waals surface area contributed by atoms with Crippen LogP contribution in [-0.2, 0) is 11.3 Å². The first-order valence-corrected chi connectivity index (χ1v) is 10.3. The van der Waals surface area contributed by atoms with E-state index in [4.69, 9.17) is 11.6 Å². The highest BCUT2D eigenvalue weighted by Gasteiger charge is 2.17. The summed E-state index contributed by atoms with van der Waals surface area (Å²) in [6.45, 7) is 5.11. The standard InChI is InChI=1S/C21H27ClN4O2/c1-16-4-2-3-13-25(16)15-12-23-20(27)11-14-26-21(28)10-9-19(24-26)17-5-7-18(22)8-6-17/h5-10,16H,2-4,11-15H2,1H3,(H,23,27)/t16-/m0/s1. The molecular weight excluding hydrogens is 376 g/mol. The van der Waals surface area contributed by atoms with E-state index in [9.17, 15) is 9.59 Å². The minimum atomic E-state index is -0.215. The van der Waals surface area contributed by atoms with Crippen molar-refractivity contribution in [2.24, 2.45) is 0 Å². The van der Waals surface area contributed by atoms with E-state index in [1.54, 1.807) is 18.2 Å². The van der Waals surface area contributed by atoms with E-state index in [0.29, 0.717) is 23.3 Å². The number of piperidine rings is 1. The molecule has 1 aliphatic rings. The van der Waals surface area contributed by atoms with E-state index in [0.717, 1.165) is 18.7 Å². The lowest BCUT2D eigenvalue weighted by Gasteiger charge is -2.33. The highest BCUT2D eigenvalue weighted by Crippen LogP contribution is 2.18. The molecule has 0 saturated carbocycles. The highest BCUT2D eigenvalue weighted by molar-refractivity contribution is 6.30. The average molecular weight is 403 g/mol. The van der Waals surface area contributed by atoms with Crippen molar-refractivity contribution in [1.29, 1.82) is 0 Å². The number of nitrogens with zero attached hydrogens (tertiary/aromatic N) is 3. The van der Waals surface area contributed by atoms with E-state index in [1.165, 1.54) is 30.0 Å². The molecular formula is C21H27ClN4O2. The molecule has 1 aliphatic heterocycles. The summed E-state index contributed by atoms with van der Waals surface area (Å²) < 4.78 is 1.34.